The Balaban J connectivity index is 2.06. The van der Waals surface area contributed by atoms with E-state index in [1.54, 1.807) is 14.5 Å². The summed E-state index contributed by atoms with van der Waals surface area (Å²) in [5.74, 6) is -0.169. The van der Waals surface area contributed by atoms with Crippen LogP contribution in [0.4, 0.5) is 0 Å². The van der Waals surface area contributed by atoms with Crippen molar-refractivity contribution >= 4 is 11.8 Å². The number of β-amino-alcohol motifs (C(OH)–C–C–N with tert-alkyl or cyclic N) is 1. The van der Waals surface area contributed by atoms with E-state index in [9.17, 15) is 14.7 Å². The highest BCUT2D eigenvalue weighted by molar-refractivity contribution is 5.77. The minimum absolute atomic E-state index is 0.0810. The summed E-state index contributed by atoms with van der Waals surface area (Å²) in [6.07, 6.45) is -0.711. The Bertz CT molecular complexity index is 582. The molecule has 0 aliphatic carbocycles. The lowest BCUT2D eigenvalue weighted by Crippen LogP contribution is -2.39. The number of carbonyl (C=O) groups is 2. The molecule has 7 nitrogen and oxygen atoms in total. The van der Waals surface area contributed by atoms with Gasteiger partial charge in [0.1, 0.15) is 6.54 Å². The molecule has 2 amide bonds. The summed E-state index contributed by atoms with van der Waals surface area (Å²) in [4.78, 5) is 27.1. The average molecular weight is 308 g/mol. The summed E-state index contributed by atoms with van der Waals surface area (Å²) in [6.45, 7) is 8.90. The summed E-state index contributed by atoms with van der Waals surface area (Å²) in [5.41, 5.74) is 2.99. The Morgan fingerprint density at radius 1 is 1.18 bits per heavy atom. The molecule has 1 aromatic rings. The predicted octanol–water partition coefficient (Wildman–Crippen LogP) is -0.140. The van der Waals surface area contributed by atoms with E-state index in [1.165, 1.54) is 6.92 Å². The van der Waals surface area contributed by atoms with Gasteiger partial charge in [0.15, 0.2) is 0 Å². The maximum atomic E-state index is 12.5. The summed E-state index contributed by atoms with van der Waals surface area (Å²) in [6, 6.07) is 0. The highest BCUT2D eigenvalue weighted by atomic mass is 16.3. The maximum Gasteiger partial charge on any atom is 0.244 e. The van der Waals surface area contributed by atoms with Crippen molar-refractivity contribution in [3.05, 3.63) is 17.0 Å². The number of rotatable bonds is 2. The van der Waals surface area contributed by atoms with Crippen LogP contribution < -0.4 is 0 Å². The smallest absolute Gasteiger partial charge is 0.244 e. The summed E-state index contributed by atoms with van der Waals surface area (Å²) in [7, 11) is 0. The molecule has 0 spiro atoms. The van der Waals surface area contributed by atoms with Crippen LogP contribution >= 0.6 is 0 Å². The van der Waals surface area contributed by atoms with Crippen molar-refractivity contribution in [3.63, 3.8) is 0 Å². The Labute approximate surface area is 130 Å². The Kier molecular flexibility index (Phi) is 4.85. The van der Waals surface area contributed by atoms with Crippen LogP contribution in [0.25, 0.3) is 0 Å². The van der Waals surface area contributed by atoms with E-state index in [2.05, 4.69) is 5.10 Å². The number of aliphatic hydroxyl groups excluding tert-OH is 1. The molecule has 1 N–H and O–H groups in total. The second-order valence-electron chi connectivity index (χ2n) is 5.91. The molecule has 1 aliphatic heterocycles. The minimum Gasteiger partial charge on any atom is -0.389 e. The predicted molar refractivity (Wildman–Crippen MR) is 81.3 cm³/mol. The van der Waals surface area contributed by atoms with E-state index in [-0.39, 0.29) is 31.4 Å². The SMILES string of the molecule is CC(=O)N1CCN(C(=O)Cn2nc(C)c(C)c2C)C[C@H](O)C1. The van der Waals surface area contributed by atoms with E-state index < -0.39 is 6.10 Å². The molecule has 0 radical (unpaired) electrons. The highest BCUT2D eigenvalue weighted by Gasteiger charge is 2.26. The third-order valence-corrected chi connectivity index (χ3v) is 4.33. The second-order valence-corrected chi connectivity index (χ2v) is 5.91. The molecule has 122 valence electrons. The van der Waals surface area contributed by atoms with Crippen LogP contribution in [0.15, 0.2) is 0 Å². The molecule has 1 atom stereocenters. The zero-order chi connectivity index (χ0) is 16.4. The van der Waals surface area contributed by atoms with Gasteiger partial charge < -0.3 is 14.9 Å². The monoisotopic (exact) mass is 308 g/mol. The van der Waals surface area contributed by atoms with Gasteiger partial charge in [0, 0.05) is 38.8 Å². The van der Waals surface area contributed by atoms with Gasteiger partial charge in [0.25, 0.3) is 0 Å². The maximum absolute atomic E-state index is 12.5. The molecule has 0 saturated carbocycles. The molecule has 0 unspecified atom stereocenters. The standard InChI is InChI=1S/C15H24N4O3/c1-10-11(2)16-19(12(10)3)9-15(22)18-6-5-17(13(4)20)7-14(21)8-18/h14,21H,5-9H2,1-4H3/t14-/m1/s1. The number of aromatic nitrogens is 2. The average Bonchev–Trinajstić information content (AvgIpc) is 2.64. The van der Waals surface area contributed by atoms with E-state index >= 15 is 0 Å². The molecule has 0 bridgehead atoms. The molecule has 2 rings (SSSR count). The first-order valence-corrected chi connectivity index (χ1v) is 7.51. The van der Waals surface area contributed by atoms with Gasteiger partial charge in [-0.3, -0.25) is 14.3 Å². The van der Waals surface area contributed by atoms with Crippen molar-refractivity contribution in [3.8, 4) is 0 Å². The van der Waals surface area contributed by atoms with Crippen LogP contribution in [0.1, 0.15) is 23.9 Å². The van der Waals surface area contributed by atoms with Gasteiger partial charge in [-0.15, -0.1) is 0 Å². The molecule has 2 heterocycles. The number of hydrogen-bond donors (Lipinski definition) is 1. The molecule has 7 heteroatoms. The fraction of sp³-hybridized carbons (Fsp3) is 0.667. The third-order valence-electron chi connectivity index (χ3n) is 4.33. The normalized spacial score (nSPS) is 19.2. The van der Waals surface area contributed by atoms with E-state index in [0.717, 1.165) is 17.0 Å². The van der Waals surface area contributed by atoms with Gasteiger partial charge in [0.05, 0.1) is 11.8 Å². The zero-order valence-electron chi connectivity index (χ0n) is 13.7. The molecular formula is C15H24N4O3. The van der Waals surface area contributed by atoms with Gasteiger partial charge in [-0.1, -0.05) is 0 Å². The van der Waals surface area contributed by atoms with Crippen LogP contribution in [0.3, 0.4) is 0 Å². The van der Waals surface area contributed by atoms with E-state index in [1.807, 2.05) is 20.8 Å². The first kappa shape index (κ1) is 16.5. The highest BCUT2D eigenvalue weighted by Crippen LogP contribution is 2.12. The number of nitrogens with zero attached hydrogens (tertiary/aromatic N) is 4. The van der Waals surface area contributed by atoms with Crippen molar-refractivity contribution < 1.29 is 14.7 Å². The molecular weight excluding hydrogens is 284 g/mol. The molecule has 0 aromatic carbocycles. The van der Waals surface area contributed by atoms with Crippen molar-refractivity contribution in [1.82, 2.24) is 19.6 Å². The summed E-state index contributed by atoms with van der Waals surface area (Å²) in [5, 5.41) is 14.4. The van der Waals surface area contributed by atoms with Crippen LogP contribution in [0, 0.1) is 20.8 Å². The van der Waals surface area contributed by atoms with Gasteiger partial charge in [-0.25, -0.2) is 0 Å². The Morgan fingerprint density at radius 2 is 1.77 bits per heavy atom. The van der Waals surface area contributed by atoms with Crippen LogP contribution in [0.2, 0.25) is 0 Å². The second kappa shape index (κ2) is 6.48. The van der Waals surface area contributed by atoms with Crippen molar-refractivity contribution in [2.75, 3.05) is 26.2 Å². The zero-order valence-corrected chi connectivity index (χ0v) is 13.7. The van der Waals surface area contributed by atoms with Gasteiger partial charge in [-0.2, -0.15) is 5.10 Å². The molecule has 1 aromatic heterocycles. The van der Waals surface area contributed by atoms with E-state index in [4.69, 9.17) is 0 Å². The van der Waals surface area contributed by atoms with Crippen molar-refractivity contribution in [2.45, 2.75) is 40.3 Å². The van der Waals surface area contributed by atoms with Crippen LogP contribution in [-0.2, 0) is 16.1 Å². The van der Waals surface area contributed by atoms with E-state index in [0.29, 0.717) is 13.1 Å². The quantitative estimate of drug-likeness (QED) is 0.825. The van der Waals surface area contributed by atoms with Crippen molar-refractivity contribution in [1.29, 1.82) is 0 Å². The van der Waals surface area contributed by atoms with Crippen LogP contribution in [0.5, 0.6) is 0 Å². The molecule has 22 heavy (non-hydrogen) atoms. The summed E-state index contributed by atoms with van der Waals surface area (Å²) < 4.78 is 1.70. The van der Waals surface area contributed by atoms with Gasteiger partial charge in [-0.05, 0) is 26.3 Å². The minimum atomic E-state index is -0.711. The van der Waals surface area contributed by atoms with Gasteiger partial charge >= 0.3 is 0 Å². The summed E-state index contributed by atoms with van der Waals surface area (Å²) >= 11 is 0. The first-order chi connectivity index (χ1) is 10.3. The van der Waals surface area contributed by atoms with Crippen molar-refractivity contribution in [2.24, 2.45) is 0 Å². The third kappa shape index (κ3) is 3.47. The lowest BCUT2D eigenvalue weighted by atomic mass is 10.2. The first-order valence-electron chi connectivity index (χ1n) is 7.51. The van der Waals surface area contributed by atoms with Crippen LogP contribution in [-0.4, -0.2) is 68.8 Å². The lowest BCUT2D eigenvalue weighted by Gasteiger charge is -2.22. The molecule has 1 saturated heterocycles. The number of hydrogen-bond acceptors (Lipinski definition) is 4. The van der Waals surface area contributed by atoms with Gasteiger partial charge in [0.2, 0.25) is 11.8 Å². The Hall–Kier alpha value is -1.89. The number of aliphatic hydroxyl groups is 1. The number of aryl methyl sites for hydroxylation is 1. The number of amides is 2. The fourth-order valence-electron chi connectivity index (χ4n) is 2.67. The molecule has 1 aliphatic rings. The number of carbonyl (C=O) groups excluding carboxylic acids is 2. The Morgan fingerprint density at radius 3 is 2.32 bits per heavy atom. The lowest BCUT2D eigenvalue weighted by molar-refractivity contribution is -0.133. The topological polar surface area (TPSA) is 78.7 Å². The largest absolute Gasteiger partial charge is 0.389 e. The fourth-order valence-corrected chi connectivity index (χ4v) is 2.67. The molecule has 1 fully saturated rings.